The van der Waals surface area contributed by atoms with E-state index < -0.39 is 0 Å². The first-order valence-electron chi connectivity index (χ1n) is 17.9. The minimum absolute atomic E-state index is 0.386. The molecule has 278 valence electrons. The van der Waals surface area contributed by atoms with E-state index in [9.17, 15) is 0 Å². The fourth-order valence-electron chi connectivity index (χ4n) is 5.41. The fraction of sp³-hybridized carbons (Fsp3) is 0.561. The first-order valence-corrected chi connectivity index (χ1v) is 17.9. The van der Waals surface area contributed by atoms with Gasteiger partial charge in [0, 0.05) is 96.3 Å². The first-order chi connectivity index (χ1) is 24.5. The molecule has 3 rings (SSSR count). The Morgan fingerprint density at radius 3 is 1.30 bits per heavy atom. The van der Waals surface area contributed by atoms with E-state index in [-0.39, 0.29) is 0 Å². The molecule has 0 bridgehead atoms. The molecule has 0 aliphatic heterocycles. The number of aryl methyl sites for hydroxylation is 3. The molecule has 0 N–H and O–H groups in total. The highest BCUT2D eigenvalue weighted by Gasteiger charge is 2.21. The highest BCUT2D eigenvalue weighted by molar-refractivity contribution is 5.87. The van der Waals surface area contributed by atoms with Gasteiger partial charge in [-0.3, -0.25) is 0 Å². The molecule has 0 amide bonds. The molecule has 3 aromatic rings. The van der Waals surface area contributed by atoms with E-state index in [1.165, 1.54) is 0 Å². The summed E-state index contributed by atoms with van der Waals surface area (Å²) in [5.41, 5.74) is 7.21. The number of hydrogen-bond donors (Lipinski definition) is 0. The number of rotatable bonds is 28. The average molecular weight is 697 g/mol. The molecule has 50 heavy (non-hydrogen) atoms. The Morgan fingerprint density at radius 2 is 0.760 bits per heavy atom. The maximum Gasteiger partial charge on any atom is 0.135 e. The van der Waals surface area contributed by atoms with Crippen molar-refractivity contribution in [3.8, 4) is 39.5 Å². The lowest BCUT2D eigenvalue weighted by Crippen LogP contribution is -2.11. The highest BCUT2D eigenvalue weighted by Crippen LogP contribution is 2.46. The molecule has 0 saturated carbocycles. The molecule has 0 atom stereocenters. The van der Waals surface area contributed by atoms with Crippen molar-refractivity contribution < 1.29 is 42.6 Å². The standard InChI is InChI=1S/C41H60O9/c1-32-12-14-39(48-23-11-22-45-20-9-17-43-5)35(28-32)37-30-34(3)31-38(41(37)50-27-25-47-21-10-18-44-6)36-29-33(2)13-15-40(36)49-26-24-46-19-8-7-16-42-4/h12-15,28-31H,7-11,16-27H2,1-6H3. The minimum Gasteiger partial charge on any atom is -0.493 e. The molecule has 9 heteroatoms. The molecule has 0 spiro atoms. The van der Waals surface area contributed by atoms with E-state index in [0.717, 1.165) is 94.9 Å². The SMILES string of the molecule is COCCCCOCCOc1ccc(C)cc1-c1cc(C)cc(-c2cc(C)ccc2OCCCOCCCOC)c1OCCOCCCOC. The van der Waals surface area contributed by atoms with Crippen molar-refractivity contribution >= 4 is 0 Å². The summed E-state index contributed by atoms with van der Waals surface area (Å²) in [6, 6.07) is 16.9. The Morgan fingerprint density at radius 1 is 0.360 bits per heavy atom. The van der Waals surface area contributed by atoms with Gasteiger partial charge in [-0.2, -0.15) is 0 Å². The van der Waals surface area contributed by atoms with Gasteiger partial charge in [-0.25, -0.2) is 0 Å². The third-order valence-corrected chi connectivity index (χ3v) is 7.90. The van der Waals surface area contributed by atoms with E-state index in [2.05, 4.69) is 57.2 Å². The van der Waals surface area contributed by atoms with E-state index in [1.807, 2.05) is 12.1 Å². The number of methoxy groups -OCH3 is 3. The van der Waals surface area contributed by atoms with Crippen molar-refractivity contribution in [2.45, 2.75) is 52.9 Å². The molecule has 0 unspecified atom stereocenters. The summed E-state index contributed by atoms with van der Waals surface area (Å²) in [7, 11) is 5.13. The molecule has 0 aliphatic rings. The molecule has 3 aromatic carbocycles. The van der Waals surface area contributed by atoms with Gasteiger partial charge in [0.1, 0.15) is 30.5 Å². The Bertz CT molecular complexity index is 1270. The van der Waals surface area contributed by atoms with E-state index >= 15 is 0 Å². The van der Waals surface area contributed by atoms with Gasteiger partial charge < -0.3 is 42.6 Å². The van der Waals surface area contributed by atoms with Gasteiger partial charge >= 0.3 is 0 Å². The minimum atomic E-state index is 0.386. The smallest absolute Gasteiger partial charge is 0.135 e. The van der Waals surface area contributed by atoms with E-state index in [1.54, 1.807) is 21.3 Å². The first kappa shape index (κ1) is 41.2. The monoisotopic (exact) mass is 696 g/mol. The summed E-state index contributed by atoms with van der Waals surface area (Å²) in [6.45, 7) is 13.3. The Balaban J connectivity index is 1.90. The van der Waals surface area contributed by atoms with Crippen molar-refractivity contribution in [1.29, 1.82) is 0 Å². The third-order valence-electron chi connectivity index (χ3n) is 7.90. The van der Waals surface area contributed by atoms with Crippen molar-refractivity contribution in [3.05, 3.63) is 65.2 Å². The third kappa shape index (κ3) is 15.0. The van der Waals surface area contributed by atoms with Crippen molar-refractivity contribution in [2.75, 3.05) is 101 Å². The Labute approximate surface area is 300 Å². The number of hydrogen-bond acceptors (Lipinski definition) is 9. The summed E-state index contributed by atoms with van der Waals surface area (Å²) >= 11 is 0. The Kier molecular flexibility index (Phi) is 20.5. The molecule has 0 heterocycles. The van der Waals surface area contributed by atoms with Gasteiger partial charge in [0.15, 0.2) is 0 Å². The summed E-state index contributed by atoms with van der Waals surface area (Å²) < 4.78 is 52.3. The van der Waals surface area contributed by atoms with Crippen LogP contribution in [0.5, 0.6) is 17.2 Å². The van der Waals surface area contributed by atoms with Crippen LogP contribution in [0.2, 0.25) is 0 Å². The largest absolute Gasteiger partial charge is 0.493 e. The number of unbranched alkanes of at least 4 members (excludes halogenated alkanes) is 1. The molecule has 0 aromatic heterocycles. The van der Waals surface area contributed by atoms with Gasteiger partial charge in [0.25, 0.3) is 0 Å². The van der Waals surface area contributed by atoms with Crippen LogP contribution < -0.4 is 14.2 Å². The van der Waals surface area contributed by atoms with Gasteiger partial charge in [0.2, 0.25) is 0 Å². The zero-order valence-corrected chi connectivity index (χ0v) is 31.3. The zero-order valence-electron chi connectivity index (χ0n) is 31.3. The van der Waals surface area contributed by atoms with Gasteiger partial charge in [0.05, 0.1) is 19.8 Å². The van der Waals surface area contributed by atoms with Crippen molar-refractivity contribution in [2.24, 2.45) is 0 Å². The molecule has 9 nitrogen and oxygen atoms in total. The molecule has 0 radical (unpaired) electrons. The van der Waals surface area contributed by atoms with E-state index in [4.69, 9.17) is 42.6 Å². The normalized spacial score (nSPS) is 11.2. The second-order valence-electron chi connectivity index (χ2n) is 12.3. The summed E-state index contributed by atoms with van der Waals surface area (Å²) in [4.78, 5) is 0. The van der Waals surface area contributed by atoms with Crippen LogP contribution in [0.15, 0.2) is 48.5 Å². The van der Waals surface area contributed by atoms with E-state index in [0.29, 0.717) is 72.7 Å². The van der Waals surface area contributed by atoms with Crippen molar-refractivity contribution in [1.82, 2.24) is 0 Å². The number of ether oxygens (including phenoxy) is 9. The van der Waals surface area contributed by atoms with Gasteiger partial charge in [-0.05, 0) is 88.4 Å². The predicted molar refractivity (Wildman–Crippen MR) is 199 cm³/mol. The molecular formula is C41H60O9. The molecular weight excluding hydrogens is 636 g/mol. The second kappa shape index (κ2) is 24.9. The highest BCUT2D eigenvalue weighted by atomic mass is 16.5. The van der Waals surface area contributed by atoms with Crippen LogP contribution in [0.1, 0.15) is 48.8 Å². The van der Waals surface area contributed by atoms with Crippen LogP contribution >= 0.6 is 0 Å². The van der Waals surface area contributed by atoms with Crippen LogP contribution in [-0.2, 0) is 28.4 Å². The zero-order chi connectivity index (χ0) is 35.8. The topological polar surface area (TPSA) is 83.1 Å². The number of benzene rings is 3. The lowest BCUT2D eigenvalue weighted by atomic mass is 9.92. The van der Waals surface area contributed by atoms with Crippen LogP contribution in [-0.4, -0.2) is 101 Å². The Hall–Kier alpha value is -3.18. The molecule has 0 fully saturated rings. The predicted octanol–water partition coefficient (Wildman–Crippen LogP) is 8.02. The lowest BCUT2D eigenvalue weighted by molar-refractivity contribution is 0.0809. The van der Waals surface area contributed by atoms with Gasteiger partial charge in [-0.1, -0.05) is 23.3 Å². The molecule has 0 saturated heterocycles. The quantitative estimate of drug-likeness (QED) is 0.0701. The lowest BCUT2D eigenvalue weighted by Gasteiger charge is -2.22. The maximum atomic E-state index is 6.68. The fourth-order valence-corrected chi connectivity index (χ4v) is 5.41. The van der Waals surface area contributed by atoms with Crippen LogP contribution in [0.3, 0.4) is 0 Å². The molecule has 0 aliphatic carbocycles. The maximum absolute atomic E-state index is 6.68. The summed E-state index contributed by atoms with van der Waals surface area (Å²) in [5.74, 6) is 2.34. The summed E-state index contributed by atoms with van der Waals surface area (Å²) in [6.07, 6.45) is 4.44. The van der Waals surface area contributed by atoms with Crippen LogP contribution in [0.25, 0.3) is 22.3 Å². The van der Waals surface area contributed by atoms with Crippen LogP contribution in [0.4, 0.5) is 0 Å². The average Bonchev–Trinajstić information content (AvgIpc) is 3.11. The van der Waals surface area contributed by atoms with Crippen molar-refractivity contribution in [3.63, 3.8) is 0 Å². The summed E-state index contributed by atoms with van der Waals surface area (Å²) in [5, 5.41) is 0. The van der Waals surface area contributed by atoms with Crippen LogP contribution in [0, 0.1) is 20.8 Å². The second-order valence-corrected chi connectivity index (χ2v) is 12.3. The van der Waals surface area contributed by atoms with Gasteiger partial charge in [-0.15, -0.1) is 0 Å².